The second-order valence-corrected chi connectivity index (χ2v) is 12.7. The van der Waals surface area contributed by atoms with Gasteiger partial charge in [-0.1, -0.05) is 60.7 Å². The van der Waals surface area contributed by atoms with Crippen LogP contribution in [0.15, 0.2) is 108 Å². The Bertz CT molecular complexity index is 1820. The van der Waals surface area contributed by atoms with Crippen molar-refractivity contribution in [2.45, 2.75) is 36.0 Å². The van der Waals surface area contributed by atoms with Crippen LogP contribution in [0.2, 0.25) is 0 Å². The molecule has 2 saturated heterocycles. The summed E-state index contributed by atoms with van der Waals surface area (Å²) in [5.41, 5.74) is 2.50. The smallest absolute Gasteiger partial charge is 0.413 e. The number of likely N-dealkylation sites (tertiary alicyclic amines) is 1. The first kappa shape index (κ1) is 30.0. The van der Waals surface area contributed by atoms with E-state index in [0.29, 0.717) is 5.56 Å². The minimum absolute atomic E-state index is 0.00664. The normalized spacial score (nSPS) is 18.8. The number of hydrogen-bond donors (Lipinski definition) is 2. The molecule has 12 heteroatoms. The fourth-order valence-corrected chi connectivity index (χ4v) is 7.46. The second kappa shape index (κ2) is 12.5. The zero-order chi connectivity index (χ0) is 31.6. The number of fused-ring (bicyclic) bond motifs is 1. The number of Topliss-reactive ketones (excluding diaryl/α,β-unsaturated/α-hetero) is 1. The van der Waals surface area contributed by atoms with Gasteiger partial charge < -0.3 is 20.1 Å². The van der Waals surface area contributed by atoms with Gasteiger partial charge in [-0.15, -0.1) is 0 Å². The van der Waals surface area contributed by atoms with Gasteiger partial charge in [-0.2, -0.15) is 4.31 Å². The van der Waals surface area contributed by atoms with E-state index in [1.165, 1.54) is 29.3 Å². The maximum absolute atomic E-state index is 14.0. The Labute approximate surface area is 260 Å². The molecular weight excluding hydrogens is 596 g/mol. The first-order valence-electron chi connectivity index (χ1n) is 14.4. The molecule has 3 heterocycles. The van der Waals surface area contributed by atoms with Crippen LogP contribution in [-0.2, 0) is 26.0 Å². The first-order chi connectivity index (χ1) is 21.7. The van der Waals surface area contributed by atoms with Gasteiger partial charge >= 0.3 is 6.09 Å². The zero-order valence-electron chi connectivity index (χ0n) is 24.0. The van der Waals surface area contributed by atoms with E-state index in [1.54, 1.807) is 36.4 Å². The number of nitrogens with one attached hydrogen (secondary N) is 1. The van der Waals surface area contributed by atoms with Crippen molar-refractivity contribution in [1.82, 2.24) is 19.5 Å². The molecule has 2 fully saturated rings. The van der Waals surface area contributed by atoms with Gasteiger partial charge in [0.25, 0.3) is 10.0 Å². The summed E-state index contributed by atoms with van der Waals surface area (Å²) >= 11 is 0. The van der Waals surface area contributed by atoms with Gasteiger partial charge in [-0.3, -0.25) is 9.59 Å². The number of carbonyl (C=O) groups excluding carboxylic acids is 3. The molecule has 2 aliphatic rings. The summed E-state index contributed by atoms with van der Waals surface area (Å²) < 4.78 is 33.3. The predicted octanol–water partition coefficient (Wildman–Crippen LogP) is 3.40. The summed E-state index contributed by atoms with van der Waals surface area (Å²) in [5.74, 6) is -0.726. The standard InChI is InChI=1S/C33H30N4O7S/c38-25-10-6-7-22(19-25)20-27(35-33(41)44-26-14-12-24(13-15-26)23-8-2-1-3-9-23)32(40)36-18-16-28-31(36)29(39)21-37(28)45(42,43)30-11-4-5-17-34-30/h1-15,17,19,27-28,31,38H,16,18,20-21H2,(H,35,41). The quantitative estimate of drug-likeness (QED) is 0.303. The summed E-state index contributed by atoms with van der Waals surface area (Å²) in [7, 11) is -4.08. The van der Waals surface area contributed by atoms with E-state index in [9.17, 15) is 27.9 Å². The molecule has 3 aromatic carbocycles. The molecule has 1 aromatic heterocycles. The number of aromatic hydroxyl groups is 1. The van der Waals surface area contributed by atoms with Crippen LogP contribution in [0.5, 0.6) is 11.5 Å². The molecule has 2 aliphatic heterocycles. The van der Waals surface area contributed by atoms with E-state index >= 15 is 0 Å². The summed E-state index contributed by atoms with van der Waals surface area (Å²) in [6.07, 6.45) is 0.716. The maximum atomic E-state index is 14.0. The minimum Gasteiger partial charge on any atom is -0.508 e. The number of phenols is 1. The number of ether oxygens (including phenoxy) is 1. The van der Waals surface area contributed by atoms with E-state index in [2.05, 4.69) is 10.3 Å². The summed E-state index contributed by atoms with van der Waals surface area (Å²) in [6, 6.07) is 24.5. The third kappa shape index (κ3) is 6.28. The Morgan fingerprint density at radius 2 is 1.69 bits per heavy atom. The number of nitrogens with zero attached hydrogens (tertiary/aromatic N) is 3. The SMILES string of the molecule is O=C(NC(Cc1cccc(O)c1)C(=O)N1CCC2C1C(=O)CN2S(=O)(=O)c1ccccn1)Oc1ccc(-c2ccccc2)cc1. The van der Waals surface area contributed by atoms with Crippen LogP contribution in [0, 0.1) is 0 Å². The Morgan fingerprint density at radius 3 is 2.40 bits per heavy atom. The average Bonchev–Trinajstić information content (AvgIpc) is 3.63. The lowest BCUT2D eigenvalue weighted by Crippen LogP contribution is -2.53. The number of pyridine rings is 1. The molecule has 0 spiro atoms. The van der Waals surface area contributed by atoms with Crippen LogP contribution >= 0.6 is 0 Å². The number of benzene rings is 3. The van der Waals surface area contributed by atoms with Crippen molar-refractivity contribution in [3.63, 3.8) is 0 Å². The molecule has 0 aliphatic carbocycles. The molecule has 0 radical (unpaired) electrons. The number of rotatable bonds is 8. The third-order valence-corrected chi connectivity index (χ3v) is 9.77. The van der Waals surface area contributed by atoms with Gasteiger partial charge in [0.1, 0.15) is 23.6 Å². The summed E-state index contributed by atoms with van der Waals surface area (Å²) in [6.45, 7) is -0.272. The molecule has 2 amide bonds. The van der Waals surface area contributed by atoms with Crippen LogP contribution in [0.3, 0.4) is 0 Å². The molecule has 3 unspecified atom stereocenters. The van der Waals surface area contributed by atoms with E-state index in [-0.39, 0.29) is 42.5 Å². The lowest BCUT2D eigenvalue weighted by atomic mass is 10.0. The fourth-order valence-electron chi connectivity index (χ4n) is 5.90. The van der Waals surface area contributed by atoms with Crippen molar-refractivity contribution in [3.8, 4) is 22.6 Å². The van der Waals surface area contributed by atoms with E-state index in [0.717, 1.165) is 15.4 Å². The maximum Gasteiger partial charge on any atom is 0.413 e. The van der Waals surface area contributed by atoms with Crippen molar-refractivity contribution >= 4 is 27.8 Å². The number of phenolic OH excluding ortho intramolecular Hbond substituents is 1. The molecular formula is C33H30N4O7S. The molecule has 2 N–H and O–H groups in total. The Balaban J connectivity index is 1.20. The first-order valence-corrected chi connectivity index (χ1v) is 15.8. The van der Waals surface area contributed by atoms with Gasteiger partial charge in [0, 0.05) is 19.2 Å². The van der Waals surface area contributed by atoms with Gasteiger partial charge in [0.15, 0.2) is 10.8 Å². The highest BCUT2D eigenvalue weighted by atomic mass is 32.2. The fraction of sp³-hybridized carbons (Fsp3) is 0.212. The number of hydrogen-bond acceptors (Lipinski definition) is 8. The Hall–Kier alpha value is -5.07. The van der Waals surface area contributed by atoms with Gasteiger partial charge in [-0.05, 0) is 59.5 Å². The van der Waals surface area contributed by atoms with Crippen molar-refractivity contribution < 1.29 is 32.6 Å². The Kier molecular flexibility index (Phi) is 8.33. The minimum atomic E-state index is -4.08. The summed E-state index contributed by atoms with van der Waals surface area (Å²) in [5, 5.41) is 12.5. The molecule has 4 aromatic rings. The Morgan fingerprint density at radius 1 is 0.956 bits per heavy atom. The highest BCUT2D eigenvalue weighted by molar-refractivity contribution is 7.89. The molecule has 11 nitrogen and oxygen atoms in total. The van der Waals surface area contributed by atoms with Crippen LogP contribution in [0.25, 0.3) is 11.1 Å². The van der Waals surface area contributed by atoms with E-state index < -0.39 is 45.9 Å². The largest absolute Gasteiger partial charge is 0.508 e. The topological polar surface area (TPSA) is 146 Å². The molecule has 6 rings (SSSR count). The number of aromatic nitrogens is 1. The van der Waals surface area contributed by atoms with Gasteiger partial charge in [-0.25, -0.2) is 18.2 Å². The number of sulfonamides is 1. The van der Waals surface area contributed by atoms with Crippen LogP contribution in [0.1, 0.15) is 12.0 Å². The predicted molar refractivity (Wildman–Crippen MR) is 164 cm³/mol. The molecule has 3 atom stereocenters. The highest BCUT2D eigenvalue weighted by Gasteiger charge is 2.54. The second-order valence-electron chi connectivity index (χ2n) is 10.9. The number of amides is 2. The van der Waals surface area contributed by atoms with E-state index in [4.69, 9.17) is 4.74 Å². The average molecular weight is 627 g/mol. The highest BCUT2D eigenvalue weighted by Crippen LogP contribution is 2.34. The molecule has 0 saturated carbocycles. The number of carbonyl (C=O) groups is 3. The molecule has 45 heavy (non-hydrogen) atoms. The van der Waals surface area contributed by atoms with Crippen molar-refractivity contribution in [3.05, 3.63) is 109 Å². The summed E-state index contributed by atoms with van der Waals surface area (Å²) in [4.78, 5) is 45.6. The molecule has 230 valence electrons. The number of ketones is 1. The third-order valence-electron chi connectivity index (χ3n) is 7.98. The van der Waals surface area contributed by atoms with Crippen molar-refractivity contribution in [2.75, 3.05) is 13.1 Å². The van der Waals surface area contributed by atoms with Crippen molar-refractivity contribution in [2.24, 2.45) is 0 Å². The monoisotopic (exact) mass is 626 g/mol. The van der Waals surface area contributed by atoms with Crippen LogP contribution in [-0.4, -0.2) is 76.7 Å². The van der Waals surface area contributed by atoms with Crippen molar-refractivity contribution in [1.29, 1.82) is 0 Å². The van der Waals surface area contributed by atoms with E-state index in [1.807, 2.05) is 42.5 Å². The zero-order valence-corrected chi connectivity index (χ0v) is 24.8. The van der Waals surface area contributed by atoms with Crippen LogP contribution in [0.4, 0.5) is 4.79 Å². The van der Waals surface area contributed by atoms with Crippen LogP contribution < -0.4 is 10.1 Å². The lowest BCUT2D eigenvalue weighted by molar-refractivity contribution is -0.138. The van der Waals surface area contributed by atoms with Gasteiger partial charge in [0.2, 0.25) is 5.91 Å². The lowest BCUT2D eigenvalue weighted by Gasteiger charge is -2.28. The van der Waals surface area contributed by atoms with Gasteiger partial charge in [0.05, 0.1) is 12.6 Å². The molecule has 0 bridgehead atoms.